The summed E-state index contributed by atoms with van der Waals surface area (Å²) in [6.45, 7) is 19.9. The first-order valence-corrected chi connectivity index (χ1v) is 18.0. The smallest absolute Gasteiger partial charge is 0.410 e. The van der Waals surface area contributed by atoms with Crippen LogP contribution in [0.4, 0.5) is 16.3 Å². The summed E-state index contributed by atoms with van der Waals surface area (Å²) in [7, 11) is 5.87. The number of piperazine rings is 1. The van der Waals surface area contributed by atoms with E-state index in [1.54, 1.807) is 9.80 Å². The summed E-state index contributed by atoms with van der Waals surface area (Å²) < 4.78 is 12.1. The van der Waals surface area contributed by atoms with Gasteiger partial charge < -0.3 is 33.9 Å². The Morgan fingerprint density at radius 2 is 1.76 bits per heavy atom. The fourth-order valence-corrected chi connectivity index (χ4v) is 7.19. The molecule has 51 heavy (non-hydrogen) atoms. The number of nitrogens with zero attached hydrogens (tertiary/aromatic N) is 8. The van der Waals surface area contributed by atoms with Gasteiger partial charge in [0.25, 0.3) is 0 Å². The third-order valence-corrected chi connectivity index (χ3v) is 10.2. The van der Waals surface area contributed by atoms with Crippen LogP contribution in [0.1, 0.15) is 50.4 Å². The van der Waals surface area contributed by atoms with Gasteiger partial charge in [-0.1, -0.05) is 30.3 Å². The Balaban J connectivity index is 1.30. The summed E-state index contributed by atoms with van der Waals surface area (Å²) in [4.78, 5) is 50.5. The molecule has 2 aliphatic heterocycles. The quantitative estimate of drug-likeness (QED) is 0.271. The third kappa shape index (κ3) is 7.99. The molecular weight excluding hydrogens is 644 g/mol. The van der Waals surface area contributed by atoms with Gasteiger partial charge in [0.1, 0.15) is 24.1 Å². The normalized spacial score (nSPS) is 18.3. The molecule has 12 nitrogen and oxygen atoms in total. The Kier molecular flexibility index (Phi) is 10.3. The Morgan fingerprint density at radius 1 is 1.02 bits per heavy atom. The highest BCUT2D eigenvalue weighted by molar-refractivity contribution is 5.97. The molecule has 12 heteroatoms. The summed E-state index contributed by atoms with van der Waals surface area (Å²) in [6, 6.07) is 12.7. The molecule has 3 aromatic rings. The van der Waals surface area contributed by atoms with E-state index < -0.39 is 17.1 Å². The minimum atomic E-state index is -0.634. The number of ether oxygens (including phenoxy) is 2. The summed E-state index contributed by atoms with van der Waals surface area (Å²) in [5.41, 5.74) is 3.15. The predicted molar refractivity (Wildman–Crippen MR) is 199 cm³/mol. The lowest BCUT2D eigenvalue weighted by Crippen LogP contribution is -2.57. The maximum Gasteiger partial charge on any atom is 0.410 e. The molecule has 1 aromatic heterocycles. The molecule has 1 saturated carbocycles. The minimum Gasteiger partial charge on any atom is -0.462 e. The van der Waals surface area contributed by atoms with Gasteiger partial charge in [-0.2, -0.15) is 9.97 Å². The fourth-order valence-electron chi connectivity index (χ4n) is 7.19. The highest BCUT2D eigenvalue weighted by Gasteiger charge is 2.52. The lowest BCUT2D eigenvalue weighted by atomic mass is 9.99. The zero-order chi connectivity index (χ0) is 36.5. The maximum atomic E-state index is 13.5. The summed E-state index contributed by atoms with van der Waals surface area (Å²) in [6.07, 6.45) is 1.87. The molecule has 272 valence electrons. The van der Waals surface area contributed by atoms with E-state index in [9.17, 15) is 9.59 Å². The number of hydrogen-bond donors (Lipinski definition) is 0. The van der Waals surface area contributed by atoms with E-state index in [-0.39, 0.29) is 31.1 Å². The molecule has 2 amide bonds. The van der Waals surface area contributed by atoms with Gasteiger partial charge in [-0.3, -0.25) is 9.69 Å². The molecule has 1 saturated heterocycles. The molecule has 0 spiro atoms. The van der Waals surface area contributed by atoms with E-state index in [2.05, 4.69) is 62.9 Å². The Hall–Kier alpha value is -4.63. The van der Waals surface area contributed by atoms with E-state index in [1.807, 2.05) is 41.9 Å². The zero-order valence-electron chi connectivity index (χ0n) is 31.2. The van der Waals surface area contributed by atoms with Gasteiger partial charge in [-0.25, -0.2) is 11.4 Å². The topological polar surface area (TPSA) is 98.9 Å². The number of likely N-dealkylation sites (N-methyl/N-ethyl adjacent to an activating group) is 2. The van der Waals surface area contributed by atoms with Crippen molar-refractivity contribution < 1.29 is 19.1 Å². The predicted octanol–water partition coefficient (Wildman–Crippen LogP) is 5.02. The van der Waals surface area contributed by atoms with Crippen LogP contribution >= 0.6 is 0 Å². The summed E-state index contributed by atoms with van der Waals surface area (Å²) in [5.74, 6) is 0.877. The van der Waals surface area contributed by atoms with E-state index in [0.717, 1.165) is 49.4 Å². The average Bonchev–Trinajstić information content (AvgIpc) is 3.89. The number of aryl methyl sites for hydroxylation is 1. The van der Waals surface area contributed by atoms with Crippen molar-refractivity contribution in [3.8, 4) is 6.01 Å². The van der Waals surface area contributed by atoms with Crippen molar-refractivity contribution in [2.45, 2.75) is 65.1 Å². The van der Waals surface area contributed by atoms with Crippen molar-refractivity contribution in [2.24, 2.45) is 5.41 Å². The van der Waals surface area contributed by atoms with Crippen LogP contribution in [0.15, 0.2) is 36.4 Å². The van der Waals surface area contributed by atoms with Gasteiger partial charge in [0, 0.05) is 63.0 Å². The molecular formula is C39H52N8O4. The molecule has 0 N–H and O–H groups in total. The van der Waals surface area contributed by atoms with Gasteiger partial charge >= 0.3 is 12.1 Å². The Bertz CT molecular complexity index is 1810. The average molecular weight is 697 g/mol. The lowest BCUT2D eigenvalue weighted by molar-refractivity contribution is -0.137. The van der Waals surface area contributed by atoms with Crippen LogP contribution in [-0.2, 0) is 22.5 Å². The molecule has 2 fully saturated rings. The number of amides is 2. The number of rotatable bonds is 10. The van der Waals surface area contributed by atoms with Crippen LogP contribution in [0.3, 0.4) is 0 Å². The number of aromatic nitrogens is 2. The number of carbonyl (C=O) groups is 2. The monoisotopic (exact) mass is 696 g/mol. The van der Waals surface area contributed by atoms with Crippen molar-refractivity contribution in [1.82, 2.24) is 24.7 Å². The highest BCUT2D eigenvalue weighted by atomic mass is 16.6. The van der Waals surface area contributed by atoms with Gasteiger partial charge in [0.2, 0.25) is 12.5 Å². The highest BCUT2D eigenvalue weighted by Crippen LogP contribution is 2.47. The second-order valence-corrected chi connectivity index (χ2v) is 15.6. The first-order valence-electron chi connectivity index (χ1n) is 18.0. The molecule has 0 bridgehead atoms. The standard InChI is InChI=1S/C39H52N8O4/c1-27-11-9-12-28-13-10-14-32(33(27)28)45-18-15-30-31(25-45)41-36(50-26-39(16-17-39)35(48)44(8)20-19-43(6)7)42-34(30)46-21-22-47(29(24-46)23-40-5)37(49)51-38(2,3)4/h9-14,29H,15-26H2,1-4,6-8H3. The number of benzene rings is 2. The first kappa shape index (κ1) is 36.2. The van der Waals surface area contributed by atoms with E-state index >= 15 is 0 Å². The largest absolute Gasteiger partial charge is 0.462 e. The van der Waals surface area contributed by atoms with Crippen LogP contribution in [-0.4, -0.2) is 122 Å². The van der Waals surface area contributed by atoms with Gasteiger partial charge in [-0.05, 0) is 78.1 Å². The number of fused-ring (bicyclic) bond motifs is 2. The van der Waals surface area contributed by atoms with Crippen LogP contribution in [0.2, 0.25) is 0 Å². The van der Waals surface area contributed by atoms with Crippen molar-refractivity contribution in [1.29, 1.82) is 0 Å². The maximum absolute atomic E-state index is 13.5. The van der Waals surface area contributed by atoms with Gasteiger partial charge in [0.15, 0.2) is 0 Å². The Morgan fingerprint density at radius 3 is 2.45 bits per heavy atom. The molecule has 3 aliphatic rings. The van der Waals surface area contributed by atoms with Crippen molar-refractivity contribution in [3.63, 3.8) is 0 Å². The van der Waals surface area contributed by atoms with Crippen LogP contribution in [0.25, 0.3) is 15.6 Å². The molecule has 6 rings (SSSR count). The summed E-state index contributed by atoms with van der Waals surface area (Å²) >= 11 is 0. The second-order valence-electron chi connectivity index (χ2n) is 15.6. The minimum absolute atomic E-state index is 0.0975. The van der Waals surface area contributed by atoms with Crippen molar-refractivity contribution in [2.75, 3.05) is 83.4 Å². The molecule has 1 unspecified atom stereocenters. The second kappa shape index (κ2) is 14.5. The lowest BCUT2D eigenvalue weighted by Gasteiger charge is -2.41. The fraction of sp³-hybridized carbons (Fsp3) is 0.564. The molecule has 1 atom stereocenters. The van der Waals surface area contributed by atoms with Crippen molar-refractivity contribution >= 4 is 34.3 Å². The van der Waals surface area contributed by atoms with E-state index in [0.29, 0.717) is 32.7 Å². The number of hydrogen-bond acceptors (Lipinski definition) is 9. The van der Waals surface area contributed by atoms with Crippen molar-refractivity contribution in [3.05, 3.63) is 64.6 Å². The molecule has 3 heterocycles. The molecule has 1 aliphatic carbocycles. The SMILES string of the molecule is [C-]#[N+]CC1CN(c2nc(OCC3(C(=O)N(C)CCN(C)C)CC3)nc3c2CCN(c2cccc4cccc(C)c24)C3)CCN1C(=O)OC(C)(C)C. The number of anilines is 2. The summed E-state index contributed by atoms with van der Waals surface area (Å²) in [5, 5.41) is 2.44. The van der Waals surface area contributed by atoms with E-state index in [1.165, 1.54) is 22.0 Å². The molecule has 0 radical (unpaired) electrons. The molecule has 2 aromatic carbocycles. The number of carbonyl (C=O) groups excluding carboxylic acids is 2. The zero-order valence-corrected chi connectivity index (χ0v) is 31.2. The van der Waals surface area contributed by atoms with Gasteiger partial charge in [-0.15, -0.1) is 0 Å². The van der Waals surface area contributed by atoms with Crippen LogP contribution in [0, 0.1) is 18.9 Å². The van der Waals surface area contributed by atoms with Crippen LogP contribution in [0.5, 0.6) is 6.01 Å². The Labute approximate surface area is 302 Å². The van der Waals surface area contributed by atoms with E-state index in [4.69, 9.17) is 26.0 Å². The van der Waals surface area contributed by atoms with Crippen LogP contribution < -0.4 is 14.5 Å². The van der Waals surface area contributed by atoms with Gasteiger partial charge in [0.05, 0.1) is 17.7 Å². The third-order valence-electron chi connectivity index (χ3n) is 10.2. The first-order chi connectivity index (χ1) is 24.3.